The van der Waals surface area contributed by atoms with Gasteiger partial charge in [-0.25, -0.2) is 0 Å². The SMILES string of the molecule is CS(=O)(=O)O.Cn1nc(-c2ccccc2)c2c1CCNC2. The highest BCUT2D eigenvalue weighted by Gasteiger charge is 2.19. The molecule has 0 radical (unpaired) electrons. The van der Waals surface area contributed by atoms with Crippen LogP contribution in [0.2, 0.25) is 0 Å². The summed E-state index contributed by atoms with van der Waals surface area (Å²) in [6.07, 6.45) is 1.79. The lowest BCUT2D eigenvalue weighted by Crippen LogP contribution is -2.24. The van der Waals surface area contributed by atoms with Crippen LogP contribution in [-0.2, 0) is 30.1 Å². The lowest BCUT2D eigenvalue weighted by atomic mass is 10.0. The predicted octanol–water partition coefficient (Wildman–Crippen LogP) is 1.24. The van der Waals surface area contributed by atoms with Crippen molar-refractivity contribution >= 4 is 10.1 Å². The minimum atomic E-state index is -3.67. The van der Waals surface area contributed by atoms with Crippen LogP contribution in [0.15, 0.2) is 30.3 Å². The van der Waals surface area contributed by atoms with E-state index in [0.717, 1.165) is 25.2 Å². The normalized spacial score (nSPS) is 14.0. The summed E-state index contributed by atoms with van der Waals surface area (Å²) < 4.78 is 27.9. The van der Waals surface area contributed by atoms with E-state index in [-0.39, 0.29) is 0 Å². The smallest absolute Gasteiger partial charge is 0.261 e. The zero-order valence-electron chi connectivity index (χ0n) is 12.1. The number of nitrogens with zero attached hydrogens (tertiary/aromatic N) is 2. The van der Waals surface area contributed by atoms with E-state index >= 15 is 0 Å². The molecule has 2 heterocycles. The topological polar surface area (TPSA) is 84.2 Å². The van der Waals surface area contributed by atoms with E-state index < -0.39 is 10.1 Å². The van der Waals surface area contributed by atoms with Crippen molar-refractivity contribution in [2.75, 3.05) is 12.8 Å². The summed E-state index contributed by atoms with van der Waals surface area (Å²) in [5, 5.41) is 8.05. The Morgan fingerprint density at radius 1 is 1.29 bits per heavy atom. The van der Waals surface area contributed by atoms with Crippen molar-refractivity contribution in [1.29, 1.82) is 0 Å². The number of hydrogen-bond acceptors (Lipinski definition) is 4. The number of fused-ring (bicyclic) bond motifs is 1. The fourth-order valence-electron chi connectivity index (χ4n) is 2.35. The number of aryl methyl sites for hydroxylation is 1. The Kier molecular flexibility index (Phi) is 4.76. The van der Waals surface area contributed by atoms with E-state index in [4.69, 9.17) is 4.55 Å². The van der Waals surface area contributed by atoms with Crippen LogP contribution in [0.4, 0.5) is 0 Å². The van der Waals surface area contributed by atoms with Gasteiger partial charge < -0.3 is 5.32 Å². The maximum atomic E-state index is 9.19. The zero-order chi connectivity index (χ0) is 15.5. The zero-order valence-corrected chi connectivity index (χ0v) is 12.9. The highest BCUT2D eigenvalue weighted by atomic mass is 32.2. The molecule has 1 aromatic carbocycles. The summed E-state index contributed by atoms with van der Waals surface area (Å²) in [5.41, 5.74) is 5.07. The molecule has 0 aliphatic carbocycles. The van der Waals surface area contributed by atoms with Gasteiger partial charge in [0.25, 0.3) is 10.1 Å². The number of benzene rings is 1. The summed E-state index contributed by atoms with van der Waals surface area (Å²) in [7, 11) is -1.63. The van der Waals surface area contributed by atoms with Crippen molar-refractivity contribution in [3.63, 3.8) is 0 Å². The number of aromatic nitrogens is 2. The second-order valence-electron chi connectivity index (χ2n) is 4.92. The molecule has 0 saturated carbocycles. The molecule has 0 saturated heterocycles. The minimum Gasteiger partial charge on any atom is -0.312 e. The third-order valence-electron chi connectivity index (χ3n) is 3.16. The first kappa shape index (κ1) is 15.7. The quantitative estimate of drug-likeness (QED) is 0.774. The van der Waals surface area contributed by atoms with Crippen LogP contribution in [0.3, 0.4) is 0 Å². The molecule has 2 N–H and O–H groups in total. The Morgan fingerprint density at radius 3 is 2.52 bits per heavy atom. The van der Waals surface area contributed by atoms with Crippen molar-refractivity contribution < 1.29 is 13.0 Å². The second kappa shape index (κ2) is 6.38. The van der Waals surface area contributed by atoms with Gasteiger partial charge in [0.05, 0.1) is 11.9 Å². The molecule has 0 atom stereocenters. The lowest BCUT2D eigenvalue weighted by Gasteiger charge is -2.14. The fourth-order valence-corrected chi connectivity index (χ4v) is 2.35. The van der Waals surface area contributed by atoms with Gasteiger partial charge in [0.2, 0.25) is 0 Å². The second-order valence-corrected chi connectivity index (χ2v) is 6.39. The third kappa shape index (κ3) is 4.38. The summed E-state index contributed by atoms with van der Waals surface area (Å²) >= 11 is 0. The Morgan fingerprint density at radius 2 is 1.90 bits per heavy atom. The standard InChI is InChI=1S/C13H15N3.CH4O3S/c1-16-12-7-8-14-9-11(12)13(15-16)10-5-3-2-4-6-10;1-5(2,3)4/h2-6,14H,7-9H2,1H3;1H3,(H,2,3,4). The molecule has 21 heavy (non-hydrogen) atoms. The largest absolute Gasteiger partial charge is 0.312 e. The molecule has 0 fully saturated rings. The summed E-state index contributed by atoms with van der Waals surface area (Å²) in [4.78, 5) is 0. The van der Waals surface area contributed by atoms with E-state index in [1.54, 1.807) is 0 Å². The number of hydrogen-bond donors (Lipinski definition) is 2. The molecule has 0 unspecified atom stereocenters. The predicted molar refractivity (Wildman–Crippen MR) is 81.5 cm³/mol. The molecule has 7 heteroatoms. The lowest BCUT2D eigenvalue weighted by molar-refractivity contribution is 0.490. The Labute approximate surface area is 124 Å². The summed E-state index contributed by atoms with van der Waals surface area (Å²) in [6.45, 7) is 1.99. The molecular formula is C14H19N3O3S. The minimum absolute atomic E-state index is 0.715. The van der Waals surface area contributed by atoms with Gasteiger partial charge in [-0.3, -0.25) is 9.23 Å². The van der Waals surface area contributed by atoms with Crippen LogP contribution in [-0.4, -0.2) is 35.6 Å². The van der Waals surface area contributed by atoms with Gasteiger partial charge in [0.15, 0.2) is 0 Å². The summed E-state index contributed by atoms with van der Waals surface area (Å²) in [5.74, 6) is 0. The molecule has 114 valence electrons. The first-order valence-electron chi connectivity index (χ1n) is 6.59. The Balaban J connectivity index is 0.000000282. The van der Waals surface area contributed by atoms with Gasteiger partial charge in [-0.05, 0) is 0 Å². The Hall–Kier alpha value is -1.70. The molecule has 3 rings (SSSR count). The van der Waals surface area contributed by atoms with Crippen LogP contribution in [0.1, 0.15) is 11.3 Å². The van der Waals surface area contributed by atoms with Gasteiger partial charge in [0, 0.05) is 43.4 Å². The highest BCUT2D eigenvalue weighted by Crippen LogP contribution is 2.26. The summed E-state index contributed by atoms with van der Waals surface area (Å²) in [6, 6.07) is 10.4. The fraction of sp³-hybridized carbons (Fsp3) is 0.357. The first-order valence-corrected chi connectivity index (χ1v) is 8.44. The van der Waals surface area contributed by atoms with Crippen LogP contribution >= 0.6 is 0 Å². The molecule has 1 aliphatic heterocycles. The molecule has 0 amide bonds. The van der Waals surface area contributed by atoms with Crippen LogP contribution in [0.5, 0.6) is 0 Å². The van der Waals surface area contributed by atoms with Gasteiger partial charge in [-0.1, -0.05) is 30.3 Å². The van der Waals surface area contributed by atoms with Gasteiger partial charge in [0.1, 0.15) is 0 Å². The van der Waals surface area contributed by atoms with E-state index in [2.05, 4.69) is 34.7 Å². The Bertz CT molecular complexity index is 701. The van der Waals surface area contributed by atoms with Crippen molar-refractivity contribution in [2.24, 2.45) is 7.05 Å². The molecule has 6 nitrogen and oxygen atoms in total. The highest BCUT2D eigenvalue weighted by molar-refractivity contribution is 7.85. The number of rotatable bonds is 1. The number of nitrogens with one attached hydrogen (secondary N) is 1. The van der Waals surface area contributed by atoms with Crippen molar-refractivity contribution in [3.8, 4) is 11.3 Å². The van der Waals surface area contributed by atoms with E-state index in [1.807, 2.05) is 17.8 Å². The van der Waals surface area contributed by atoms with Gasteiger partial charge >= 0.3 is 0 Å². The molecule has 2 aromatic rings. The van der Waals surface area contributed by atoms with Crippen molar-refractivity contribution in [3.05, 3.63) is 41.6 Å². The van der Waals surface area contributed by atoms with Crippen LogP contribution < -0.4 is 5.32 Å². The maximum Gasteiger partial charge on any atom is 0.261 e. The average molecular weight is 309 g/mol. The monoisotopic (exact) mass is 309 g/mol. The van der Waals surface area contributed by atoms with Crippen molar-refractivity contribution in [2.45, 2.75) is 13.0 Å². The molecule has 1 aliphatic rings. The molecule has 0 spiro atoms. The maximum absolute atomic E-state index is 9.19. The van der Waals surface area contributed by atoms with E-state index in [1.165, 1.54) is 16.8 Å². The van der Waals surface area contributed by atoms with E-state index in [9.17, 15) is 8.42 Å². The van der Waals surface area contributed by atoms with Gasteiger partial charge in [-0.15, -0.1) is 0 Å². The third-order valence-corrected chi connectivity index (χ3v) is 3.16. The molecular weight excluding hydrogens is 290 g/mol. The van der Waals surface area contributed by atoms with Gasteiger partial charge in [-0.2, -0.15) is 13.5 Å². The molecule has 0 bridgehead atoms. The van der Waals surface area contributed by atoms with Crippen LogP contribution in [0.25, 0.3) is 11.3 Å². The van der Waals surface area contributed by atoms with E-state index in [0.29, 0.717) is 6.26 Å². The first-order chi connectivity index (χ1) is 9.86. The molecule has 1 aromatic heterocycles. The van der Waals surface area contributed by atoms with Crippen molar-refractivity contribution in [1.82, 2.24) is 15.1 Å². The average Bonchev–Trinajstić information content (AvgIpc) is 2.76. The van der Waals surface area contributed by atoms with Crippen LogP contribution in [0, 0.1) is 0 Å².